The van der Waals surface area contributed by atoms with Crippen LogP contribution in [0.3, 0.4) is 0 Å². The number of carbonyl (C=O) groups excluding carboxylic acids is 1. The van der Waals surface area contributed by atoms with E-state index in [2.05, 4.69) is 4.98 Å². The lowest BCUT2D eigenvalue weighted by molar-refractivity contribution is 0.0692. The maximum Gasteiger partial charge on any atom is 0.337 e. The standard InChI is InChI=1S/C17H24N2O3/c1-12-14(17(21)22)8-9-15(18-12)16(20)19(2)11-10-13-6-4-3-5-7-13/h8-9,13H,3-7,10-11H2,1-2H3,(H,21,22). The van der Waals surface area contributed by atoms with Gasteiger partial charge < -0.3 is 10.0 Å². The molecule has 1 aliphatic carbocycles. The Balaban J connectivity index is 1.95. The molecule has 1 aliphatic rings. The summed E-state index contributed by atoms with van der Waals surface area (Å²) in [5.41, 5.74) is 0.828. The first-order valence-corrected chi connectivity index (χ1v) is 7.95. The predicted octanol–water partition coefficient (Wildman–Crippen LogP) is 3.13. The number of pyridine rings is 1. The second kappa shape index (κ2) is 7.38. The molecular formula is C17H24N2O3. The molecule has 5 heteroatoms. The molecule has 0 aliphatic heterocycles. The molecule has 1 heterocycles. The highest BCUT2D eigenvalue weighted by atomic mass is 16.4. The minimum Gasteiger partial charge on any atom is -0.478 e. The van der Waals surface area contributed by atoms with Crippen LogP contribution in [0.25, 0.3) is 0 Å². The molecule has 0 aromatic carbocycles. The molecule has 2 rings (SSSR count). The average Bonchev–Trinajstić information content (AvgIpc) is 2.52. The number of nitrogens with zero attached hydrogens (tertiary/aromatic N) is 2. The molecule has 1 aromatic heterocycles. The summed E-state index contributed by atoms with van der Waals surface area (Å²) in [6, 6.07) is 2.95. The van der Waals surface area contributed by atoms with Crippen molar-refractivity contribution in [1.82, 2.24) is 9.88 Å². The maximum atomic E-state index is 12.4. The fourth-order valence-corrected chi connectivity index (χ4v) is 3.06. The highest BCUT2D eigenvalue weighted by molar-refractivity contribution is 5.94. The summed E-state index contributed by atoms with van der Waals surface area (Å²) in [5.74, 6) is -0.432. The smallest absolute Gasteiger partial charge is 0.337 e. The molecule has 1 N–H and O–H groups in total. The molecule has 0 spiro atoms. The van der Waals surface area contributed by atoms with Crippen LogP contribution in [0.1, 0.15) is 65.1 Å². The summed E-state index contributed by atoms with van der Waals surface area (Å²) < 4.78 is 0. The van der Waals surface area contributed by atoms with E-state index in [4.69, 9.17) is 5.11 Å². The molecular weight excluding hydrogens is 280 g/mol. The maximum absolute atomic E-state index is 12.4. The summed E-state index contributed by atoms with van der Waals surface area (Å²) >= 11 is 0. The molecule has 0 bridgehead atoms. The fourth-order valence-electron chi connectivity index (χ4n) is 3.06. The molecule has 1 aromatic rings. The van der Waals surface area contributed by atoms with E-state index in [9.17, 15) is 9.59 Å². The van der Waals surface area contributed by atoms with Crippen molar-refractivity contribution in [1.29, 1.82) is 0 Å². The van der Waals surface area contributed by atoms with Gasteiger partial charge in [0.15, 0.2) is 0 Å². The Morgan fingerprint density at radius 1 is 1.27 bits per heavy atom. The molecule has 0 radical (unpaired) electrons. The minimum absolute atomic E-state index is 0.140. The van der Waals surface area contributed by atoms with E-state index in [0.29, 0.717) is 11.4 Å². The Morgan fingerprint density at radius 3 is 2.55 bits per heavy atom. The second-order valence-corrected chi connectivity index (χ2v) is 6.15. The van der Waals surface area contributed by atoms with Gasteiger partial charge in [-0.05, 0) is 31.4 Å². The third kappa shape index (κ3) is 4.06. The van der Waals surface area contributed by atoms with Gasteiger partial charge >= 0.3 is 5.97 Å². The molecule has 5 nitrogen and oxygen atoms in total. The highest BCUT2D eigenvalue weighted by Crippen LogP contribution is 2.26. The first kappa shape index (κ1) is 16.5. The number of carbonyl (C=O) groups is 2. The number of aryl methyl sites for hydroxylation is 1. The Bertz CT molecular complexity index is 551. The van der Waals surface area contributed by atoms with Crippen LogP contribution in [0.4, 0.5) is 0 Å². The fraction of sp³-hybridized carbons (Fsp3) is 0.588. The van der Waals surface area contributed by atoms with Crippen LogP contribution in [-0.4, -0.2) is 40.5 Å². The average molecular weight is 304 g/mol. The first-order chi connectivity index (χ1) is 10.5. The van der Waals surface area contributed by atoms with Crippen molar-refractivity contribution in [2.75, 3.05) is 13.6 Å². The largest absolute Gasteiger partial charge is 0.478 e. The third-order valence-electron chi connectivity index (χ3n) is 4.48. The van der Waals surface area contributed by atoms with Crippen molar-refractivity contribution in [3.63, 3.8) is 0 Å². The monoisotopic (exact) mass is 304 g/mol. The molecule has 1 saturated carbocycles. The summed E-state index contributed by atoms with van der Waals surface area (Å²) in [4.78, 5) is 29.2. The Labute approximate surface area is 131 Å². The number of carboxylic acid groups (broad SMARTS) is 1. The van der Waals surface area contributed by atoms with Crippen LogP contribution in [0.15, 0.2) is 12.1 Å². The van der Waals surface area contributed by atoms with Crippen LogP contribution in [0, 0.1) is 12.8 Å². The number of carboxylic acids is 1. The van der Waals surface area contributed by atoms with Crippen molar-refractivity contribution < 1.29 is 14.7 Å². The van der Waals surface area contributed by atoms with Gasteiger partial charge in [0.05, 0.1) is 11.3 Å². The van der Waals surface area contributed by atoms with Gasteiger partial charge in [-0.3, -0.25) is 4.79 Å². The van der Waals surface area contributed by atoms with E-state index in [1.165, 1.54) is 44.2 Å². The zero-order chi connectivity index (χ0) is 16.1. The lowest BCUT2D eigenvalue weighted by Crippen LogP contribution is -2.30. The number of hydrogen-bond donors (Lipinski definition) is 1. The Kier molecular flexibility index (Phi) is 5.52. The van der Waals surface area contributed by atoms with Crippen LogP contribution in [0.2, 0.25) is 0 Å². The molecule has 0 atom stereocenters. The molecule has 1 amide bonds. The highest BCUT2D eigenvalue weighted by Gasteiger charge is 2.19. The van der Waals surface area contributed by atoms with Crippen molar-refractivity contribution in [2.45, 2.75) is 45.4 Å². The van der Waals surface area contributed by atoms with Crippen LogP contribution in [-0.2, 0) is 0 Å². The number of amides is 1. The van der Waals surface area contributed by atoms with Gasteiger partial charge in [-0.25, -0.2) is 9.78 Å². The zero-order valence-corrected chi connectivity index (χ0v) is 13.3. The molecule has 22 heavy (non-hydrogen) atoms. The summed E-state index contributed by atoms with van der Waals surface area (Å²) in [5, 5.41) is 9.00. The van der Waals surface area contributed by atoms with Gasteiger partial charge in [0.25, 0.3) is 5.91 Å². The normalized spacial score (nSPS) is 15.5. The van der Waals surface area contributed by atoms with Gasteiger partial charge in [0, 0.05) is 13.6 Å². The topological polar surface area (TPSA) is 70.5 Å². The summed E-state index contributed by atoms with van der Waals surface area (Å²) in [6.45, 7) is 2.34. The van der Waals surface area contributed by atoms with Crippen LogP contribution >= 0.6 is 0 Å². The number of aromatic carboxylic acids is 1. The summed E-state index contributed by atoms with van der Waals surface area (Å²) in [7, 11) is 1.79. The zero-order valence-electron chi connectivity index (χ0n) is 13.3. The lowest BCUT2D eigenvalue weighted by Gasteiger charge is -2.24. The molecule has 1 fully saturated rings. The predicted molar refractivity (Wildman–Crippen MR) is 84.1 cm³/mol. The van der Waals surface area contributed by atoms with E-state index < -0.39 is 5.97 Å². The third-order valence-corrected chi connectivity index (χ3v) is 4.48. The second-order valence-electron chi connectivity index (χ2n) is 6.15. The SMILES string of the molecule is Cc1nc(C(=O)N(C)CCC2CCCCC2)ccc1C(=O)O. The summed E-state index contributed by atoms with van der Waals surface area (Å²) in [6.07, 6.45) is 7.53. The van der Waals surface area contributed by atoms with Gasteiger partial charge in [0.1, 0.15) is 5.69 Å². The van der Waals surface area contributed by atoms with Gasteiger partial charge in [-0.15, -0.1) is 0 Å². The van der Waals surface area contributed by atoms with Crippen molar-refractivity contribution >= 4 is 11.9 Å². The van der Waals surface area contributed by atoms with Gasteiger partial charge in [-0.1, -0.05) is 32.1 Å². The van der Waals surface area contributed by atoms with Crippen molar-refractivity contribution in [2.24, 2.45) is 5.92 Å². The molecule has 120 valence electrons. The van der Waals surface area contributed by atoms with Crippen molar-refractivity contribution in [3.05, 3.63) is 29.1 Å². The Morgan fingerprint density at radius 2 is 1.95 bits per heavy atom. The van der Waals surface area contributed by atoms with E-state index in [-0.39, 0.29) is 11.5 Å². The number of rotatable bonds is 5. The van der Waals surface area contributed by atoms with Crippen LogP contribution in [0.5, 0.6) is 0 Å². The van der Waals surface area contributed by atoms with E-state index in [0.717, 1.165) is 18.9 Å². The van der Waals surface area contributed by atoms with Gasteiger partial charge in [-0.2, -0.15) is 0 Å². The minimum atomic E-state index is -1.02. The van der Waals surface area contributed by atoms with E-state index in [1.807, 2.05) is 0 Å². The number of hydrogen-bond acceptors (Lipinski definition) is 3. The van der Waals surface area contributed by atoms with Gasteiger partial charge in [0.2, 0.25) is 0 Å². The first-order valence-electron chi connectivity index (χ1n) is 7.95. The molecule has 0 unspecified atom stereocenters. The Hall–Kier alpha value is -1.91. The molecule has 0 saturated heterocycles. The lowest BCUT2D eigenvalue weighted by atomic mass is 9.87. The van der Waals surface area contributed by atoms with Crippen LogP contribution < -0.4 is 0 Å². The van der Waals surface area contributed by atoms with E-state index >= 15 is 0 Å². The van der Waals surface area contributed by atoms with Crippen molar-refractivity contribution in [3.8, 4) is 0 Å². The van der Waals surface area contributed by atoms with E-state index in [1.54, 1.807) is 18.9 Å². The quantitative estimate of drug-likeness (QED) is 0.907. The number of aromatic nitrogens is 1.